The summed E-state index contributed by atoms with van der Waals surface area (Å²) in [6.45, 7) is 3.56. The summed E-state index contributed by atoms with van der Waals surface area (Å²) in [7, 11) is 1.53. The van der Waals surface area contributed by atoms with E-state index in [4.69, 9.17) is 14.2 Å². The van der Waals surface area contributed by atoms with Crippen LogP contribution in [-0.2, 0) is 15.3 Å². The molecule has 32 heavy (non-hydrogen) atoms. The molecule has 1 aliphatic rings. The molecule has 0 fully saturated rings. The SMILES string of the molecule is CCOC(=O)[C@]1(O)[C@@H](c2ccccc2C)c2cc(OC)ccc2O[C@@]1(O)c1ccccc1. The van der Waals surface area contributed by atoms with Crippen molar-refractivity contribution < 1.29 is 29.2 Å². The summed E-state index contributed by atoms with van der Waals surface area (Å²) in [5, 5.41) is 24.2. The molecule has 3 atom stereocenters. The number of aryl methyl sites for hydroxylation is 1. The Labute approximate surface area is 187 Å². The molecule has 1 heterocycles. The fraction of sp³-hybridized carbons (Fsp3) is 0.269. The topological polar surface area (TPSA) is 85.2 Å². The van der Waals surface area contributed by atoms with E-state index in [-0.39, 0.29) is 12.2 Å². The zero-order chi connectivity index (χ0) is 22.9. The van der Waals surface area contributed by atoms with Crippen LogP contribution < -0.4 is 9.47 Å². The van der Waals surface area contributed by atoms with E-state index in [0.717, 1.165) is 5.56 Å². The maximum absolute atomic E-state index is 13.4. The van der Waals surface area contributed by atoms with E-state index in [1.807, 2.05) is 31.2 Å². The second-order valence-corrected chi connectivity index (χ2v) is 7.79. The molecule has 0 spiro atoms. The van der Waals surface area contributed by atoms with E-state index >= 15 is 0 Å². The Bertz CT molecular complexity index is 1130. The normalized spacial score (nSPS) is 24.2. The fourth-order valence-electron chi connectivity index (χ4n) is 4.37. The van der Waals surface area contributed by atoms with Gasteiger partial charge >= 0.3 is 5.97 Å². The molecule has 2 N–H and O–H groups in total. The second-order valence-electron chi connectivity index (χ2n) is 7.79. The first-order chi connectivity index (χ1) is 15.4. The van der Waals surface area contributed by atoms with E-state index in [9.17, 15) is 15.0 Å². The average Bonchev–Trinajstić information content (AvgIpc) is 2.81. The van der Waals surface area contributed by atoms with Crippen molar-refractivity contribution in [2.45, 2.75) is 31.2 Å². The van der Waals surface area contributed by atoms with Gasteiger partial charge in [-0.25, -0.2) is 4.79 Å². The van der Waals surface area contributed by atoms with Gasteiger partial charge in [0, 0.05) is 11.1 Å². The van der Waals surface area contributed by atoms with Crippen LogP contribution in [0.3, 0.4) is 0 Å². The van der Waals surface area contributed by atoms with Gasteiger partial charge in [0.15, 0.2) is 0 Å². The third kappa shape index (κ3) is 3.23. The lowest BCUT2D eigenvalue weighted by atomic mass is 9.68. The van der Waals surface area contributed by atoms with E-state index in [2.05, 4.69) is 0 Å². The Morgan fingerprint density at radius 3 is 2.34 bits per heavy atom. The maximum atomic E-state index is 13.4. The van der Waals surface area contributed by atoms with Crippen molar-refractivity contribution in [1.82, 2.24) is 0 Å². The number of hydrogen-bond acceptors (Lipinski definition) is 6. The smallest absolute Gasteiger partial charge is 0.346 e. The number of hydrogen-bond donors (Lipinski definition) is 2. The van der Waals surface area contributed by atoms with Crippen molar-refractivity contribution >= 4 is 5.97 Å². The number of methoxy groups -OCH3 is 1. The summed E-state index contributed by atoms with van der Waals surface area (Å²) in [6, 6.07) is 20.9. The van der Waals surface area contributed by atoms with E-state index in [0.29, 0.717) is 22.6 Å². The van der Waals surface area contributed by atoms with Gasteiger partial charge in [-0.2, -0.15) is 0 Å². The molecule has 0 saturated carbocycles. The van der Waals surface area contributed by atoms with Crippen LogP contribution in [0.1, 0.15) is 35.1 Å². The number of benzene rings is 3. The van der Waals surface area contributed by atoms with Gasteiger partial charge in [0.25, 0.3) is 5.79 Å². The molecule has 1 aliphatic heterocycles. The molecular formula is C26H26O6. The molecule has 6 heteroatoms. The Kier molecular flexibility index (Phi) is 5.67. The van der Waals surface area contributed by atoms with Crippen molar-refractivity contribution in [2.75, 3.05) is 13.7 Å². The van der Waals surface area contributed by atoms with Gasteiger partial charge in [-0.1, -0.05) is 54.6 Å². The quantitative estimate of drug-likeness (QED) is 0.596. The zero-order valence-corrected chi connectivity index (χ0v) is 18.2. The highest BCUT2D eigenvalue weighted by Gasteiger charge is 2.67. The van der Waals surface area contributed by atoms with Crippen LogP contribution in [0.15, 0.2) is 72.8 Å². The van der Waals surface area contributed by atoms with Crippen LogP contribution in [0, 0.1) is 6.92 Å². The number of carbonyl (C=O) groups is 1. The Morgan fingerprint density at radius 2 is 1.69 bits per heavy atom. The second kappa shape index (κ2) is 8.30. The van der Waals surface area contributed by atoms with Crippen molar-refractivity contribution in [3.05, 3.63) is 95.1 Å². The van der Waals surface area contributed by atoms with E-state index in [1.165, 1.54) is 7.11 Å². The van der Waals surface area contributed by atoms with Crippen LogP contribution in [0.25, 0.3) is 0 Å². The largest absolute Gasteiger partial charge is 0.497 e. The molecule has 6 nitrogen and oxygen atoms in total. The number of ether oxygens (including phenoxy) is 3. The lowest BCUT2D eigenvalue weighted by Gasteiger charge is -2.49. The van der Waals surface area contributed by atoms with Crippen LogP contribution >= 0.6 is 0 Å². The molecule has 0 aromatic heterocycles. The summed E-state index contributed by atoms with van der Waals surface area (Å²) < 4.78 is 16.7. The third-order valence-corrected chi connectivity index (χ3v) is 5.97. The lowest BCUT2D eigenvalue weighted by molar-refractivity contribution is -0.280. The van der Waals surface area contributed by atoms with Gasteiger partial charge in [-0.3, -0.25) is 0 Å². The minimum Gasteiger partial charge on any atom is -0.497 e. The average molecular weight is 434 g/mol. The standard InChI is InChI=1S/C26H26O6/c1-4-31-24(27)25(28)23(20-13-9-8-10-17(20)2)21-16-19(30-3)14-15-22(21)32-26(25,29)18-11-6-5-7-12-18/h5-16,23,28-29H,4H2,1-3H3/t23-,25+,26-/m0/s1. The predicted octanol–water partition coefficient (Wildman–Crippen LogP) is 3.67. The zero-order valence-electron chi connectivity index (χ0n) is 18.2. The molecule has 4 rings (SSSR count). The number of carbonyl (C=O) groups excluding carboxylic acids is 1. The first-order valence-electron chi connectivity index (χ1n) is 10.5. The van der Waals surface area contributed by atoms with Gasteiger partial charge in [0.2, 0.25) is 5.60 Å². The summed E-state index contributed by atoms with van der Waals surface area (Å²) in [5.41, 5.74) is -0.248. The molecule has 0 aliphatic carbocycles. The van der Waals surface area contributed by atoms with Crippen molar-refractivity contribution in [3.8, 4) is 11.5 Å². The highest BCUT2D eigenvalue weighted by atomic mass is 16.7. The summed E-state index contributed by atoms with van der Waals surface area (Å²) in [4.78, 5) is 13.4. The number of fused-ring (bicyclic) bond motifs is 1. The van der Waals surface area contributed by atoms with Gasteiger partial charge in [0.1, 0.15) is 11.5 Å². The third-order valence-electron chi connectivity index (χ3n) is 5.97. The molecular weight excluding hydrogens is 408 g/mol. The van der Waals surface area contributed by atoms with Crippen LogP contribution in [0.4, 0.5) is 0 Å². The Hall–Kier alpha value is -3.35. The van der Waals surface area contributed by atoms with Crippen LogP contribution in [0.5, 0.6) is 11.5 Å². The van der Waals surface area contributed by atoms with E-state index in [1.54, 1.807) is 55.5 Å². The monoisotopic (exact) mass is 434 g/mol. The molecule has 0 amide bonds. The fourth-order valence-corrected chi connectivity index (χ4v) is 4.37. The van der Waals surface area contributed by atoms with Crippen molar-refractivity contribution in [1.29, 1.82) is 0 Å². The minimum atomic E-state index is -2.49. The summed E-state index contributed by atoms with van der Waals surface area (Å²) in [5.74, 6) is -3.52. The molecule has 3 aromatic rings. The first-order valence-corrected chi connectivity index (χ1v) is 10.5. The summed E-state index contributed by atoms with van der Waals surface area (Å²) >= 11 is 0. The molecule has 166 valence electrons. The first kappa shape index (κ1) is 21.9. The number of aliphatic hydroxyl groups is 2. The molecule has 0 saturated heterocycles. The maximum Gasteiger partial charge on any atom is 0.346 e. The van der Waals surface area contributed by atoms with Crippen molar-refractivity contribution in [2.24, 2.45) is 0 Å². The van der Waals surface area contributed by atoms with Gasteiger partial charge in [-0.05, 0) is 43.2 Å². The van der Waals surface area contributed by atoms with Gasteiger partial charge in [-0.15, -0.1) is 0 Å². The predicted molar refractivity (Wildman–Crippen MR) is 119 cm³/mol. The molecule has 3 aromatic carbocycles. The van der Waals surface area contributed by atoms with Gasteiger partial charge in [0.05, 0.1) is 19.6 Å². The highest BCUT2D eigenvalue weighted by Crippen LogP contribution is 2.55. The van der Waals surface area contributed by atoms with Gasteiger partial charge < -0.3 is 24.4 Å². The lowest BCUT2D eigenvalue weighted by Crippen LogP contribution is -2.66. The highest BCUT2D eigenvalue weighted by molar-refractivity contribution is 5.85. The molecule has 0 unspecified atom stereocenters. The molecule has 0 bridgehead atoms. The number of esters is 1. The number of rotatable bonds is 5. The summed E-state index contributed by atoms with van der Waals surface area (Å²) in [6.07, 6.45) is 0. The molecule has 0 radical (unpaired) electrons. The minimum absolute atomic E-state index is 0.0253. The van der Waals surface area contributed by atoms with Crippen molar-refractivity contribution in [3.63, 3.8) is 0 Å². The van der Waals surface area contributed by atoms with Crippen LogP contribution in [0.2, 0.25) is 0 Å². The van der Waals surface area contributed by atoms with Crippen LogP contribution in [-0.4, -0.2) is 35.5 Å². The Balaban J connectivity index is 2.08. The van der Waals surface area contributed by atoms with E-state index < -0.39 is 23.3 Å². The Morgan fingerprint density at radius 1 is 1.00 bits per heavy atom.